The average Bonchev–Trinajstić information content (AvgIpc) is 2.62. The summed E-state index contributed by atoms with van der Waals surface area (Å²) >= 11 is 0. The molecule has 1 aromatic carbocycles. The van der Waals surface area contributed by atoms with E-state index in [1.807, 2.05) is 48.5 Å². The lowest BCUT2D eigenvalue weighted by atomic mass is 9.95. The van der Waals surface area contributed by atoms with Crippen molar-refractivity contribution in [3.05, 3.63) is 66.0 Å². The molecule has 1 saturated heterocycles. The lowest BCUT2D eigenvalue weighted by Crippen LogP contribution is -2.40. The van der Waals surface area contributed by atoms with E-state index in [9.17, 15) is 4.79 Å². The van der Waals surface area contributed by atoms with Crippen LogP contribution in [0.2, 0.25) is 0 Å². The molecule has 2 heterocycles. The highest BCUT2D eigenvalue weighted by Crippen LogP contribution is 2.22. The van der Waals surface area contributed by atoms with E-state index >= 15 is 0 Å². The molecule has 1 amide bonds. The van der Waals surface area contributed by atoms with Crippen LogP contribution in [0.3, 0.4) is 0 Å². The molecule has 1 aliphatic rings. The van der Waals surface area contributed by atoms with Gasteiger partial charge in [-0.2, -0.15) is 0 Å². The second-order valence-corrected chi connectivity index (χ2v) is 5.63. The van der Waals surface area contributed by atoms with E-state index in [2.05, 4.69) is 15.6 Å². The smallest absolute Gasteiger partial charge is 0.224 e. The van der Waals surface area contributed by atoms with Gasteiger partial charge in [0.05, 0.1) is 11.7 Å². The van der Waals surface area contributed by atoms with Crippen LogP contribution in [0.15, 0.2) is 54.7 Å². The van der Waals surface area contributed by atoms with Gasteiger partial charge in [-0.15, -0.1) is 0 Å². The molecule has 3 rings (SSSR count). The van der Waals surface area contributed by atoms with Crippen LogP contribution in [0.1, 0.15) is 30.1 Å². The molecule has 0 radical (unpaired) electrons. The largest absolute Gasteiger partial charge is 0.343 e. The van der Waals surface area contributed by atoms with Crippen LogP contribution in [0, 0.1) is 5.92 Å². The number of carbonyl (C=O) groups is 1. The van der Waals surface area contributed by atoms with Crippen molar-refractivity contribution in [3.63, 3.8) is 0 Å². The summed E-state index contributed by atoms with van der Waals surface area (Å²) in [6.45, 7) is 1.83. The standard InChI is InChI=1S/C18H21N3O/c22-18(15-9-12-19-13-10-15)21-17(14-6-2-1-3-7-14)16-8-4-5-11-20-16/h1-8,11,15,17,19H,9-10,12-13H2,(H,21,22). The van der Waals surface area contributed by atoms with Crippen molar-refractivity contribution in [3.8, 4) is 0 Å². The Balaban J connectivity index is 1.81. The van der Waals surface area contributed by atoms with Crippen molar-refractivity contribution in [2.75, 3.05) is 13.1 Å². The van der Waals surface area contributed by atoms with Gasteiger partial charge in [0, 0.05) is 12.1 Å². The summed E-state index contributed by atoms with van der Waals surface area (Å²) in [6.07, 6.45) is 3.56. The van der Waals surface area contributed by atoms with Gasteiger partial charge in [0.25, 0.3) is 0 Å². The molecule has 0 aliphatic carbocycles. The molecule has 22 heavy (non-hydrogen) atoms. The Hall–Kier alpha value is -2.20. The van der Waals surface area contributed by atoms with E-state index in [1.165, 1.54) is 0 Å². The number of nitrogens with one attached hydrogen (secondary N) is 2. The summed E-state index contributed by atoms with van der Waals surface area (Å²) in [5.74, 6) is 0.220. The molecule has 2 aromatic rings. The quantitative estimate of drug-likeness (QED) is 0.910. The third-order valence-electron chi connectivity index (χ3n) is 4.11. The number of aromatic nitrogens is 1. The lowest BCUT2D eigenvalue weighted by Gasteiger charge is -2.25. The lowest BCUT2D eigenvalue weighted by molar-refractivity contribution is -0.126. The normalized spacial score (nSPS) is 16.9. The topological polar surface area (TPSA) is 54.0 Å². The van der Waals surface area contributed by atoms with E-state index in [0.29, 0.717) is 0 Å². The summed E-state index contributed by atoms with van der Waals surface area (Å²) in [4.78, 5) is 17.0. The predicted octanol–water partition coefficient (Wildman–Crippen LogP) is 2.29. The van der Waals surface area contributed by atoms with E-state index < -0.39 is 0 Å². The Morgan fingerprint density at radius 1 is 1.09 bits per heavy atom. The van der Waals surface area contributed by atoms with Crippen LogP contribution in [-0.2, 0) is 4.79 Å². The maximum Gasteiger partial charge on any atom is 0.224 e. The molecular formula is C18H21N3O. The van der Waals surface area contributed by atoms with Crippen molar-refractivity contribution >= 4 is 5.91 Å². The Bertz CT molecular complexity index is 555. The van der Waals surface area contributed by atoms with Crippen molar-refractivity contribution in [1.82, 2.24) is 15.6 Å². The van der Waals surface area contributed by atoms with E-state index in [-0.39, 0.29) is 17.9 Å². The summed E-state index contributed by atoms with van der Waals surface area (Å²) in [6, 6.07) is 15.6. The third kappa shape index (κ3) is 3.52. The first kappa shape index (κ1) is 14.7. The fraction of sp³-hybridized carbons (Fsp3) is 0.333. The summed E-state index contributed by atoms with van der Waals surface area (Å²) in [7, 11) is 0. The molecular weight excluding hydrogens is 274 g/mol. The number of amides is 1. The molecule has 0 saturated carbocycles. The maximum absolute atomic E-state index is 12.6. The van der Waals surface area contributed by atoms with Gasteiger partial charge in [-0.05, 0) is 43.6 Å². The predicted molar refractivity (Wildman–Crippen MR) is 86.3 cm³/mol. The Morgan fingerprint density at radius 2 is 1.82 bits per heavy atom. The first-order valence-corrected chi connectivity index (χ1v) is 7.81. The number of carbonyl (C=O) groups excluding carboxylic acids is 1. The zero-order chi connectivity index (χ0) is 15.2. The molecule has 114 valence electrons. The monoisotopic (exact) mass is 295 g/mol. The van der Waals surface area contributed by atoms with E-state index in [1.54, 1.807) is 6.20 Å². The number of hydrogen-bond donors (Lipinski definition) is 2. The van der Waals surface area contributed by atoms with E-state index in [4.69, 9.17) is 0 Å². The van der Waals surface area contributed by atoms with Gasteiger partial charge < -0.3 is 10.6 Å². The molecule has 0 spiro atoms. The molecule has 4 nitrogen and oxygen atoms in total. The highest BCUT2D eigenvalue weighted by Gasteiger charge is 2.25. The number of benzene rings is 1. The van der Waals surface area contributed by atoms with Crippen LogP contribution in [0.4, 0.5) is 0 Å². The second-order valence-electron chi connectivity index (χ2n) is 5.63. The Morgan fingerprint density at radius 3 is 2.50 bits per heavy atom. The molecule has 1 fully saturated rings. The molecule has 0 bridgehead atoms. The minimum atomic E-state index is -0.190. The van der Waals surface area contributed by atoms with Gasteiger partial charge in [0.15, 0.2) is 0 Å². The number of pyridine rings is 1. The third-order valence-corrected chi connectivity index (χ3v) is 4.11. The molecule has 1 aliphatic heterocycles. The van der Waals surface area contributed by atoms with Gasteiger partial charge in [0.2, 0.25) is 5.91 Å². The zero-order valence-corrected chi connectivity index (χ0v) is 12.5. The maximum atomic E-state index is 12.6. The van der Waals surface area contributed by atoms with E-state index in [0.717, 1.165) is 37.2 Å². The molecule has 4 heteroatoms. The SMILES string of the molecule is O=C(NC(c1ccccc1)c1ccccn1)C1CCNCC1. The van der Waals surface area contributed by atoms with Crippen molar-refractivity contribution < 1.29 is 4.79 Å². The zero-order valence-electron chi connectivity index (χ0n) is 12.5. The number of nitrogens with zero attached hydrogens (tertiary/aromatic N) is 1. The summed E-state index contributed by atoms with van der Waals surface area (Å²) < 4.78 is 0. The van der Waals surface area contributed by atoms with Crippen molar-refractivity contribution in [2.24, 2.45) is 5.92 Å². The highest BCUT2D eigenvalue weighted by molar-refractivity contribution is 5.79. The molecule has 1 atom stereocenters. The molecule has 1 unspecified atom stereocenters. The van der Waals surface area contributed by atoms with Crippen LogP contribution in [-0.4, -0.2) is 24.0 Å². The Labute approximate surface area is 131 Å². The van der Waals surface area contributed by atoms with Gasteiger partial charge in [-0.25, -0.2) is 0 Å². The van der Waals surface area contributed by atoms with Gasteiger partial charge in [0.1, 0.15) is 0 Å². The van der Waals surface area contributed by atoms with Crippen LogP contribution >= 0.6 is 0 Å². The van der Waals surface area contributed by atoms with Crippen molar-refractivity contribution in [1.29, 1.82) is 0 Å². The number of piperidine rings is 1. The summed E-state index contributed by atoms with van der Waals surface area (Å²) in [5, 5.41) is 6.48. The molecule has 2 N–H and O–H groups in total. The van der Waals surface area contributed by atoms with Crippen LogP contribution < -0.4 is 10.6 Å². The number of hydrogen-bond acceptors (Lipinski definition) is 3. The minimum Gasteiger partial charge on any atom is -0.343 e. The highest BCUT2D eigenvalue weighted by atomic mass is 16.1. The second kappa shape index (κ2) is 7.18. The van der Waals surface area contributed by atoms with Crippen molar-refractivity contribution in [2.45, 2.75) is 18.9 Å². The number of rotatable bonds is 4. The fourth-order valence-corrected chi connectivity index (χ4v) is 2.86. The minimum absolute atomic E-state index is 0.0937. The van der Waals surface area contributed by atoms with Crippen LogP contribution in [0.25, 0.3) is 0 Å². The fourth-order valence-electron chi connectivity index (χ4n) is 2.86. The van der Waals surface area contributed by atoms with Gasteiger partial charge >= 0.3 is 0 Å². The first-order valence-electron chi connectivity index (χ1n) is 7.81. The first-order chi connectivity index (χ1) is 10.8. The van der Waals surface area contributed by atoms with Gasteiger partial charge in [-0.1, -0.05) is 36.4 Å². The molecule has 1 aromatic heterocycles. The average molecular weight is 295 g/mol. The summed E-state index contributed by atoms with van der Waals surface area (Å²) in [5.41, 5.74) is 1.93. The van der Waals surface area contributed by atoms with Gasteiger partial charge in [-0.3, -0.25) is 9.78 Å². The Kier molecular flexibility index (Phi) is 4.81. The van der Waals surface area contributed by atoms with Crippen LogP contribution in [0.5, 0.6) is 0 Å².